The van der Waals surface area contributed by atoms with Crippen LogP contribution in [0.3, 0.4) is 0 Å². The topological polar surface area (TPSA) is 84.5 Å². The number of benzene rings is 3. The molecule has 3 aromatic carbocycles. The summed E-state index contributed by atoms with van der Waals surface area (Å²) in [4.78, 5) is 37.4. The highest BCUT2D eigenvalue weighted by atomic mass is 16.5. The van der Waals surface area contributed by atoms with E-state index >= 15 is 0 Å². The fraction of sp³-hybridized carbons (Fsp3) is 0.160. The normalized spacial score (nSPS) is 11.3. The molecule has 0 saturated carbocycles. The van der Waals surface area contributed by atoms with E-state index in [1.54, 1.807) is 55.5 Å². The molecule has 0 aliphatic heterocycles. The van der Waals surface area contributed by atoms with E-state index in [4.69, 9.17) is 4.74 Å². The van der Waals surface area contributed by atoms with Crippen molar-refractivity contribution in [2.45, 2.75) is 19.4 Å². The van der Waals surface area contributed by atoms with Crippen molar-refractivity contribution < 1.29 is 19.1 Å². The minimum absolute atomic E-state index is 0.291. The van der Waals surface area contributed by atoms with Crippen LogP contribution < -0.4 is 10.6 Å². The van der Waals surface area contributed by atoms with Gasteiger partial charge in [0, 0.05) is 17.7 Å². The molecule has 0 aliphatic rings. The Morgan fingerprint density at radius 3 is 2.03 bits per heavy atom. The highest BCUT2D eigenvalue weighted by molar-refractivity contribution is 6.01. The number of hydrogen-bond acceptors (Lipinski definition) is 4. The number of ether oxygens (including phenoxy) is 1. The number of rotatable bonds is 8. The maximum Gasteiger partial charge on any atom is 0.338 e. The summed E-state index contributed by atoms with van der Waals surface area (Å²) in [6.07, 6.45) is 0.339. The minimum atomic E-state index is -0.778. The molecule has 6 nitrogen and oxygen atoms in total. The SMILES string of the molecule is CCOC(=O)c1ccc(NC(=O)[C@H](Cc2ccccc2)NC(=O)c2ccccc2)cc1. The van der Waals surface area contributed by atoms with Crippen LogP contribution in [-0.2, 0) is 16.0 Å². The van der Waals surface area contributed by atoms with Crippen LogP contribution in [0.4, 0.5) is 5.69 Å². The van der Waals surface area contributed by atoms with Gasteiger partial charge < -0.3 is 15.4 Å². The van der Waals surface area contributed by atoms with Gasteiger partial charge in [0.2, 0.25) is 5.91 Å². The van der Waals surface area contributed by atoms with Gasteiger partial charge in [-0.25, -0.2) is 4.79 Å². The molecule has 0 fully saturated rings. The number of anilines is 1. The largest absolute Gasteiger partial charge is 0.462 e. The third kappa shape index (κ3) is 6.27. The number of carbonyl (C=O) groups excluding carboxylic acids is 3. The van der Waals surface area contributed by atoms with Gasteiger partial charge in [0.05, 0.1) is 12.2 Å². The van der Waals surface area contributed by atoms with Crippen LogP contribution in [0.15, 0.2) is 84.9 Å². The lowest BCUT2D eigenvalue weighted by atomic mass is 10.0. The Kier molecular flexibility index (Phi) is 7.54. The second-order valence-corrected chi connectivity index (χ2v) is 6.87. The highest BCUT2D eigenvalue weighted by Gasteiger charge is 2.22. The second-order valence-electron chi connectivity index (χ2n) is 6.87. The van der Waals surface area contributed by atoms with Crippen molar-refractivity contribution in [3.63, 3.8) is 0 Å². The van der Waals surface area contributed by atoms with Gasteiger partial charge in [-0.05, 0) is 48.9 Å². The summed E-state index contributed by atoms with van der Waals surface area (Å²) < 4.78 is 4.97. The van der Waals surface area contributed by atoms with Crippen molar-refractivity contribution in [1.82, 2.24) is 5.32 Å². The van der Waals surface area contributed by atoms with Crippen LogP contribution in [0.5, 0.6) is 0 Å². The number of esters is 1. The summed E-state index contributed by atoms with van der Waals surface area (Å²) in [7, 11) is 0. The van der Waals surface area contributed by atoms with E-state index in [1.165, 1.54) is 0 Å². The monoisotopic (exact) mass is 416 g/mol. The molecule has 0 unspecified atom stereocenters. The minimum Gasteiger partial charge on any atom is -0.462 e. The maximum atomic E-state index is 13.0. The summed E-state index contributed by atoms with van der Waals surface area (Å²) >= 11 is 0. The van der Waals surface area contributed by atoms with Crippen molar-refractivity contribution in [3.8, 4) is 0 Å². The third-order valence-electron chi connectivity index (χ3n) is 4.60. The molecule has 2 N–H and O–H groups in total. The predicted octanol–water partition coefficient (Wildman–Crippen LogP) is 3.84. The van der Waals surface area contributed by atoms with Crippen molar-refractivity contribution in [1.29, 1.82) is 0 Å². The zero-order valence-corrected chi connectivity index (χ0v) is 17.2. The molecule has 31 heavy (non-hydrogen) atoms. The average Bonchev–Trinajstić information content (AvgIpc) is 2.80. The van der Waals surface area contributed by atoms with Crippen molar-refractivity contribution in [3.05, 3.63) is 102 Å². The number of carbonyl (C=O) groups is 3. The van der Waals surface area contributed by atoms with Gasteiger partial charge in [-0.2, -0.15) is 0 Å². The van der Waals surface area contributed by atoms with E-state index in [1.807, 2.05) is 36.4 Å². The van der Waals surface area contributed by atoms with E-state index in [0.29, 0.717) is 29.8 Å². The molecule has 6 heteroatoms. The Hall–Kier alpha value is -3.93. The first-order chi connectivity index (χ1) is 15.1. The van der Waals surface area contributed by atoms with Gasteiger partial charge >= 0.3 is 5.97 Å². The Balaban J connectivity index is 1.73. The Bertz CT molecular complexity index is 1020. The highest BCUT2D eigenvalue weighted by Crippen LogP contribution is 2.13. The molecule has 0 radical (unpaired) electrons. The third-order valence-corrected chi connectivity index (χ3v) is 4.60. The number of nitrogens with one attached hydrogen (secondary N) is 2. The molecule has 0 aromatic heterocycles. The molecule has 3 aromatic rings. The molecule has 158 valence electrons. The van der Waals surface area contributed by atoms with Gasteiger partial charge in [0.1, 0.15) is 6.04 Å². The van der Waals surface area contributed by atoms with Gasteiger partial charge in [0.25, 0.3) is 5.91 Å². The lowest BCUT2D eigenvalue weighted by molar-refractivity contribution is -0.118. The Morgan fingerprint density at radius 2 is 1.42 bits per heavy atom. The summed E-state index contributed by atoms with van der Waals surface area (Å²) in [5, 5.41) is 5.63. The zero-order valence-electron chi connectivity index (χ0n) is 17.2. The summed E-state index contributed by atoms with van der Waals surface area (Å²) in [6, 6.07) is 23.9. The van der Waals surface area contributed by atoms with Crippen LogP contribution in [-0.4, -0.2) is 30.4 Å². The second kappa shape index (κ2) is 10.7. The summed E-state index contributed by atoms with van der Waals surface area (Å²) in [5.41, 5.74) is 2.32. The molecular formula is C25H24N2O4. The van der Waals surface area contributed by atoms with Crippen molar-refractivity contribution in [2.24, 2.45) is 0 Å². The van der Waals surface area contributed by atoms with Gasteiger partial charge in [-0.1, -0.05) is 48.5 Å². The molecule has 0 aliphatic carbocycles. The molecule has 0 spiro atoms. The fourth-order valence-electron chi connectivity index (χ4n) is 3.02. The first-order valence-corrected chi connectivity index (χ1v) is 10.0. The van der Waals surface area contributed by atoms with Gasteiger partial charge in [-0.15, -0.1) is 0 Å². The first-order valence-electron chi connectivity index (χ1n) is 10.0. The molecule has 0 saturated heterocycles. The van der Waals surface area contributed by atoms with E-state index in [2.05, 4.69) is 10.6 Å². The number of hydrogen-bond donors (Lipinski definition) is 2. The lowest BCUT2D eigenvalue weighted by Crippen LogP contribution is -2.45. The molecule has 0 heterocycles. The molecular weight excluding hydrogens is 392 g/mol. The van der Waals surface area contributed by atoms with Crippen LogP contribution in [0, 0.1) is 0 Å². The van der Waals surface area contributed by atoms with E-state index < -0.39 is 12.0 Å². The zero-order chi connectivity index (χ0) is 22.1. The van der Waals surface area contributed by atoms with Crippen molar-refractivity contribution >= 4 is 23.5 Å². The molecule has 0 bridgehead atoms. The number of amides is 2. The fourth-order valence-corrected chi connectivity index (χ4v) is 3.02. The molecule has 1 atom stereocenters. The first kappa shape index (κ1) is 21.8. The quantitative estimate of drug-likeness (QED) is 0.547. The summed E-state index contributed by atoms with van der Waals surface area (Å²) in [5.74, 6) is -1.09. The molecule has 2 amide bonds. The van der Waals surface area contributed by atoms with Crippen LogP contribution in [0.2, 0.25) is 0 Å². The standard InChI is InChI=1S/C25H24N2O4/c1-2-31-25(30)20-13-15-21(16-14-20)26-24(29)22(17-18-9-5-3-6-10-18)27-23(28)19-11-7-4-8-12-19/h3-16,22H,2,17H2,1H3,(H,26,29)(H,27,28)/t22-/m0/s1. The van der Waals surface area contributed by atoms with E-state index in [-0.39, 0.29) is 11.8 Å². The maximum absolute atomic E-state index is 13.0. The lowest BCUT2D eigenvalue weighted by Gasteiger charge is -2.19. The van der Waals surface area contributed by atoms with E-state index in [9.17, 15) is 14.4 Å². The van der Waals surface area contributed by atoms with Crippen molar-refractivity contribution in [2.75, 3.05) is 11.9 Å². The van der Waals surface area contributed by atoms with E-state index in [0.717, 1.165) is 5.56 Å². The van der Waals surface area contributed by atoms with Gasteiger partial charge in [0.15, 0.2) is 0 Å². The van der Waals surface area contributed by atoms with Crippen LogP contribution in [0.25, 0.3) is 0 Å². The Labute approximate surface area is 181 Å². The average molecular weight is 416 g/mol. The van der Waals surface area contributed by atoms with Crippen LogP contribution in [0.1, 0.15) is 33.2 Å². The van der Waals surface area contributed by atoms with Crippen LogP contribution >= 0.6 is 0 Å². The smallest absolute Gasteiger partial charge is 0.338 e. The predicted molar refractivity (Wildman–Crippen MR) is 119 cm³/mol. The Morgan fingerprint density at radius 1 is 0.806 bits per heavy atom. The van der Waals surface area contributed by atoms with Gasteiger partial charge in [-0.3, -0.25) is 9.59 Å². The summed E-state index contributed by atoms with van der Waals surface area (Å²) in [6.45, 7) is 2.03. The molecule has 3 rings (SSSR count).